The number of nitrogens with one attached hydrogen (secondary N) is 1. The van der Waals surface area contributed by atoms with Gasteiger partial charge < -0.3 is 10.1 Å². The van der Waals surface area contributed by atoms with Gasteiger partial charge in [0.25, 0.3) is 0 Å². The number of hydrogen-bond donors (Lipinski definition) is 2. The molecule has 2 atom stereocenters. The van der Waals surface area contributed by atoms with Gasteiger partial charge >= 0.3 is 5.97 Å². The lowest BCUT2D eigenvalue weighted by Crippen LogP contribution is -2.24. The smallest absolute Gasteiger partial charge is 0.303 e. The highest BCUT2D eigenvalue weighted by atomic mass is 16.4. The summed E-state index contributed by atoms with van der Waals surface area (Å²) in [7, 11) is 1.80. The topological polar surface area (TPSA) is 104 Å². The van der Waals surface area contributed by atoms with Gasteiger partial charge in [-0.2, -0.15) is 0 Å². The average Bonchev–Trinajstić information content (AvgIpc) is 3.13. The summed E-state index contributed by atoms with van der Waals surface area (Å²) < 4.78 is 1.64. The quantitative estimate of drug-likeness (QED) is 0.831. The molecule has 2 aromatic rings. The third kappa shape index (κ3) is 3.63. The number of H-pyrrole nitrogens is 1. The maximum Gasteiger partial charge on any atom is 0.303 e. The number of aryl methyl sites for hydroxylation is 2. The fraction of sp³-hybridized carbons (Fsp3) is 0.529. The second-order valence-corrected chi connectivity index (χ2v) is 6.88. The number of pyridine rings is 1. The Morgan fingerprint density at radius 1 is 1.40 bits per heavy atom. The van der Waals surface area contributed by atoms with Gasteiger partial charge in [-0.3, -0.25) is 19.2 Å². The second-order valence-electron chi connectivity index (χ2n) is 6.88. The molecule has 8 heteroatoms. The van der Waals surface area contributed by atoms with Crippen LogP contribution in [0.25, 0.3) is 0 Å². The Morgan fingerprint density at radius 3 is 2.80 bits per heavy atom. The summed E-state index contributed by atoms with van der Waals surface area (Å²) in [6.45, 7) is 5.56. The number of likely N-dealkylation sites (tertiary alicyclic amines) is 1. The van der Waals surface area contributed by atoms with Gasteiger partial charge in [0.2, 0.25) is 0 Å². The van der Waals surface area contributed by atoms with Crippen molar-refractivity contribution >= 4 is 5.97 Å². The highest BCUT2D eigenvalue weighted by Gasteiger charge is 2.37. The summed E-state index contributed by atoms with van der Waals surface area (Å²) in [5.74, 6) is -0.797. The molecule has 1 saturated heterocycles. The van der Waals surface area contributed by atoms with E-state index < -0.39 is 5.97 Å². The third-order valence-electron chi connectivity index (χ3n) is 4.95. The van der Waals surface area contributed by atoms with Crippen LogP contribution in [0.4, 0.5) is 0 Å². The van der Waals surface area contributed by atoms with Gasteiger partial charge in [0, 0.05) is 61.8 Å². The van der Waals surface area contributed by atoms with E-state index in [4.69, 9.17) is 0 Å². The Labute approximate surface area is 145 Å². The predicted octanol–water partition coefficient (Wildman–Crippen LogP) is 0.811. The zero-order chi connectivity index (χ0) is 18.1. The van der Waals surface area contributed by atoms with Crippen molar-refractivity contribution < 1.29 is 9.90 Å². The standard InChI is InChI=1S/C17H23N5O3/c1-10-5-18-14(11(2)17(10)25)9-22-6-12(4-16(23)24)13(7-22)15-8-21(3)20-19-15/h5,8,12-13H,4,6-7,9H2,1-3H3,(H,18,25)(H,23,24)/t12-,13+/m0/s1. The number of carboxylic acids is 1. The minimum atomic E-state index is -0.805. The third-order valence-corrected chi connectivity index (χ3v) is 4.95. The van der Waals surface area contributed by atoms with E-state index >= 15 is 0 Å². The minimum Gasteiger partial charge on any atom is -0.481 e. The Bertz CT molecular complexity index is 841. The molecule has 3 heterocycles. The number of carbonyl (C=O) groups is 1. The van der Waals surface area contributed by atoms with Crippen LogP contribution in [0.5, 0.6) is 0 Å². The van der Waals surface area contributed by atoms with Crippen molar-refractivity contribution in [1.29, 1.82) is 0 Å². The van der Waals surface area contributed by atoms with Crippen LogP contribution >= 0.6 is 0 Å². The largest absolute Gasteiger partial charge is 0.481 e. The van der Waals surface area contributed by atoms with Crippen LogP contribution < -0.4 is 5.43 Å². The molecular formula is C17H23N5O3. The molecule has 0 amide bonds. The van der Waals surface area contributed by atoms with Crippen LogP contribution in [0.2, 0.25) is 0 Å². The van der Waals surface area contributed by atoms with Crippen molar-refractivity contribution in [1.82, 2.24) is 24.9 Å². The van der Waals surface area contributed by atoms with Crippen molar-refractivity contribution in [2.75, 3.05) is 13.1 Å². The van der Waals surface area contributed by atoms with Crippen LogP contribution in [0.1, 0.15) is 34.9 Å². The van der Waals surface area contributed by atoms with Gasteiger partial charge in [-0.1, -0.05) is 5.21 Å². The van der Waals surface area contributed by atoms with Crippen LogP contribution in [0, 0.1) is 19.8 Å². The summed E-state index contributed by atoms with van der Waals surface area (Å²) in [4.78, 5) is 28.7. The summed E-state index contributed by atoms with van der Waals surface area (Å²) in [5, 5.41) is 17.4. The van der Waals surface area contributed by atoms with E-state index in [1.165, 1.54) is 0 Å². The molecule has 2 N–H and O–H groups in total. The minimum absolute atomic E-state index is 0.0216. The molecule has 0 radical (unpaired) electrons. The molecule has 0 aromatic carbocycles. The van der Waals surface area contributed by atoms with Crippen molar-refractivity contribution in [2.24, 2.45) is 13.0 Å². The van der Waals surface area contributed by atoms with E-state index in [1.54, 1.807) is 24.9 Å². The Balaban J connectivity index is 1.81. The molecule has 1 aliphatic rings. The van der Waals surface area contributed by atoms with E-state index in [1.807, 2.05) is 13.1 Å². The number of carboxylic acid groups (broad SMARTS) is 1. The van der Waals surface area contributed by atoms with Gasteiger partial charge in [-0.25, -0.2) is 0 Å². The number of rotatable bonds is 5. The molecule has 1 aliphatic heterocycles. The van der Waals surface area contributed by atoms with Crippen LogP contribution in [-0.4, -0.2) is 49.0 Å². The summed E-state index contributed by atoms with van der Waals surface area (Å²) >= 11 is 0. The lowest BCUT2D eigenvalue weighted by molar-refractivity contribution is -0.138. The van der Waals surface area contributed by atoms with E-state index in [0.717, 1.165) is 17.0 Å². The molecule has 3 rings (SSSR count). The normalized spacial score (nSPS) is 20.9. The van der Waals surface area contributed by atoms with Gasteiger partial charge in [0.05, 0.1) is 12.1 Å². The first kappa shape index (κ1) is 17.3. The fourth-order valence-corrected chi connectivity index (χ4v) is 3.58. The second kappa shape index (κ2) is 6.79. The zero-order valence-corrected chi connectivity index (χ0v) is 14.7. The van der Waals surface area contributed by atoms with E-state index in [9.17, 15) is 14.7 Å². The first-order valence-electron chi connectivity index (χ1n) is 8.33. The van der Waals surface area contributed by atoms with Crippen molar-refractivity contribution in [3.05, 3.63) is 45.1 Å². The lowest BCUT2D eigenvalue weighted by atomic mass is 9.91. The average molecular weight is 345 g/mol. The Kier molecular flexibility index (Phi) is 4.71. The Hall–Kier alpha value is -2.48. The van der Waals surface area contributed by atoms with Crippen molar-refractivity contribution in [3.8, 4) is 0 Å². The molecule has 0 saturated carbocycles. The van der Waals surface area contributed by atoms with Gasteiger partial charge in [-0.05, 0) is 19.8 Å². The van der Waals surface area contributed by atoms with Crippen LogP contribution in [-0.2, 0) is 18.4 Å². The summed E-state index contributed by atoms with van der Waals surface area (Å²) in [6, 6.07) is 0. The predicted molar refractivity (Wildman–Crippen MR) is 91.3 cm³/mol. The number of hydrogen-bond acceptors (Lipinski definition) is 5. The molecule has 1 fully saturated rings. The highest BCUT2D eigenvalue weighted by Crippen LogP contribution is 2.34. The maximum atomic E-state index is 12.1. The SMILES string of the molecule is Cc1c[nH]c(CN2C[C@H](CC(=O)O)[C@H](c3cn(C)nn3)C2)c(C)c1=O. The first-order valence-corrected chi connectivity index (χ1v) is 8.33. The molecule has 0 bridgehead atoms. The fourth-order valence-electron chi connectivity index (χ4n) is 3.58. The van der Waals surface area contributed by atoms with Gasteiger partial charge in [0.15, 0.2) is 5.43 Å². The summed E-state index contributed by atoms with van der Waals surface area (Å²) in [5.41, 5.74) is 3.18. The maximum absolute atomic E-state index is 12.1. The van der Waals surface area contributed by atoms with E-state index in [-0.39, 0.29) is 23.7 Å². The zero-order valence-electron chi connectivity index (χ0n) is 14.7. The van der Waals surface area contributed by atoms with Gasteiger partial charge in [-0.15, -0.1) is 5.10 Å². The molecule has 134 valence electrons. The monoisotopic (exact) mass is 345 g/mol. The molecule has 0 spiro atoms. The molecule has 2 aromatic heterocycles. The molecular weight excluding hydrogens is 322 g/mol. The first-order chi connectivity index (χ1) is 11.8. The summed E-state index contributed by atoms with van der Waals surface area (Å²) in [6.07, 6.45) is 3.68. The van der Waals surface area contributed by atoms with Crippen molar-refractivity contribution in [3.63, 3.8) is 0 Å². The number of aromatic nitrogens is 4. The number of aromatic amines is 1. The molecule has 0 unspecified atom stereocenters. The highest BCUT2D eigenvalue weighted by molar-refractivity contribution is 5.67. The molecule has 8 nitrogen and oxygen atoms in total. The lowest BCUT2D eigenvalue weighted by Gasteiger charge is -2.17. The van der Waals surface area contributed by atoms with Crippen LogP contribution in [0.15, 0.2) is 17.2 Å². The van der Waals surface area contributed by atoms with Crippen LogP contribution in [0.3, 0.4) is 0 Å². The number of nitrogens with zero attached hydrogens (tertiary/aromatic N) is 4. The Morgan fingerprint density at radius 2 is 2.16 bits per heavy atom. The van der Waals surface area contributed by atoms with Crippen molar-refractivity contribution in [2.45, 2.75) is 32.7 Å². The van der Waals surface area contributed by atoms with E-state index in [2.05, 4.69) is 20.2 Å². The van der Waals surface area contributed by atoms with E-state index in [0.29, 0.717) is 25.2 Å². The number of aliphatic carboxylic acids is 1. The van der Waals surface area contributed by atoms with Gasteiger partial charge in [0.1, 0.15) is 0 Å². The molecule has 25 heavy (non-hydrogen) atoms. The molecule has 0 aliphatic carbocycles.